The molecule has 0 radical (unpaired) electrons. The highest BCUT2D eigenvalue weighted by molar-refractivity contribution is 7.99. The van der Waals surface area contributed by atoms with E-state index in [-0.39, 0.29) is 30.8 Å². The first-order valence-electron chi connectivity index (χ1n) is 9.72. The Balaban J connectivity index is 1.94. The Morgan fingerprint density at radius 1 is 1.41 bits per heavy atom. The Morgan fingerprint density at radius 2 is 2.15 bits per heavy atom. The number of fused-ring (bicyclic) bond motifs is 1. The summed E-state index contributed by atoms with van der Waals surface area (Å²) in [6, 6.07) is 0. The number of likely N-dealkylation sites (tertiary alicyclic amines) is 1. The molecular weight excluding hydrogens is 364 g/mol. The quantitative estimate of drug-likeness (QED) is 0.512. The first kappa shape index (κ1) is 20.0. The van der Waals surface area contributed by atoms with Gasteiger partial charge in [0.15, 0.2) is 0 Å². The predicted molar refractivity (Wildman–Crippen MR) is 105 cm³/mol. The van der Waals surface area contributed by atoms with E-state index in [1.165, 1.54) is 0 Å². The van der Waals surface area contributed by atoms with E-state index in [4.69, 9.17) is 4.74 Å². The van der Waals surface area contributed by atoms with Crippen molar-refractivity contribution in [3.63, 3.8) is 0 Å². The SMILES string of the molecule is C=CCN1C(=O)[C@H](CC(=O)N2CCSCC2)[C@@]2(C(=O)OCC)CCCC=C12. The summed E-state index contributed by atoms with van der Waals surface area (Å²) in [7, 11) is 0. The summed E-state index contributed by atoms with van der Waals surface area (Å²) >= 11 is 1.83. The number of nitrogens with zero attached hydrogens (tertiary/aromatic N) is 2. The lowest BCUT2D eigenvalue weighted by Gasteiger charge is -2.36. The zero-order valence-electron chi connectivity index (χ0n) is 15.9. The fourth-order valence-electron chi connectivity index (χ4n) is 4.46. The van der Waals surface area contributed by atoms with Gasteiger partial charge in [-0.25, -0.2) is 0 Å². The normalized spacial score (nSPS) is 27.8. The van der Waals surface area contributed by atoms with Crippen LogP contribution in [0.5, 0.6) is 0 Å². The molecule has 2 amide bonds. The van der Waals surface area contributed by atoms with Crippen LogP contribution in [0.3, 0.4) is 0 Å². The number of esters is 1. The summed E-state index contributed by atoms with van der Waals surface area (Å²) < 4.78 is 5.41. The van der Waals surface area contributed by atoms with Gasteiger partial charge in [0.25, 0.3) is 0 Å². The van der Waals surface area contributed by atoms with Crippen LogP contribution in [0.4, 0.5) is 0 Å². The van der Waals surface area contributed by atoms with Crippen molar-refractivity contribution in [1.29, 1.82) is 0 Å². The highest BCUT2D eigenvalue weighted by Gasteiger charge is 2.62. The van der Waals surface area contributed by atoms with Crippen LogP contribution < -0.4 is 0 Å². The van der Waals surface area contributed by atoms with Gasteiger partial charge in [-0.15, -0.1) is 6.58 Å². The number of hydrogen-bond acceptors (Lipinski definition) is 5. The minimum Gasteiger partial charge on any atom is -0.465 e. The number of ether oxygens (including phenoxy) is 1. The smallest absolute Gasteiger partial charge is 0.318 e. The summed E-state index contributed by atoms with van der Waals surface area (Å²) in [5, 5.41) is 0. The molecule has 0 aromatic heterocycles. The van der Waals surface area contributed by atoms with Crippen molar-refractivity contribution in [1.82, 2.24) is 9.80 Å². The number of rotatable bonds is 6. The summed E-state index contributed by atoms with van der Waals surface area (Å²) in [5.41, 5.74) is -0.321. The van der Waals surface area contributed by atoms with Gasteiger partial charge in [0, 0.05) is 43.3 Å². The van der Waals surface area contributed by atoms with Crippen LogP contribution >= 0.6 is 11.8 Å². The van der Waals surface area contributed by atoms with Crippen LogP contribution in [-0.2, 0) is 19.1 Å². The molecule has 0 aromatic carbocycles. The molecule has 2 aliphatic heterocycles. The van der Waals surface area contributed by atoms with E-state index in [1.54, 1.807) is 17.9 Å². The highest BCUT2D eigenvalue weighted by Crippen LogP contribution is 2.53. The number of carbonyl (C=O) groups is 3. The van der Waals surface area contributed by atoms with E-state index in [9.17, 15) is 14.4 Å². The van der Waals surface area contributed by atoms with Crippen LogP contribution in [0.15, 0.2) is 24.4 Å². The minimum absolute atomic E-state index is 0.0392. The summed E-state index contributed by atoms with van der Waals surface area (Å²) in [6.07, 6.45) is 5.88. The maximum Gasteiger partial charge on any atom is 0.318 e. The van der Waals surface area contributed by atoms with Gasteiger partial charge in [-0.05, 0) is 26.2 Å². The van der Waals surface area contributed by atoms with E-state index in [0.717, 1.165) is 24.3 Å². The number of allylic oxidation sites excluding steroid dienone is 1. The van der Waals surface area contributed by atoms with E-state index in [2.05, 4.69) is 6.58 Å². The second kappa shape index (κ2) is 8.50. The molecule has 0 N–H and O–H groups in total. The second-order valence-electron chi connectivity index (χ2n) is 7.16. The average molecular weight is 393 g/mol. The van der Waals surface area contributed by atoms with Gasteiger partial charge in [0.2, 0.25) is 11.8 Å². The number of thioether (sulfide) groups is 1. The van der Waals surface area contributed by atoms with Crippen LogP contribution in [0, 0.1) is 11.3 Å². The maximum atomic E-state index is 13.2. The van der Waals surface area contributed by atoms with Crippen molar-refractivity contribution < 1.29 is 19.1 Å². The molecule has 2 heterocycles. The van der Waals surface area contributed by atoms with Gasteiger partial charge >= 0.3 is 5.97 Å². The van der Waals surface area contributed by atoms with Crippen molar-refractivity contribution in [2.24, 2.45) is 11.3 Å². The minimum atomic E-state index is -1.03. The summed E-state index contributed by atoms with van der Waals surface area (Å²) in [6.45, 7) is 7.52. The van der Waals surface area contributed by atoms with Crippen molar-refractivity contribution in [3.8, 4) is 0 Å². The molecule has 7 heteroatoms. The van der Waals surface area contributed by atoms with E-state index < -0.39 is 11.3 Å². The van der Waals surface area contributed by atoms with Gasteiger partial charge in [-0.3, -0.25) is 14.4 Å². The Morgan fingerprint density at radius 3 is 2.81 bits per heavy atom. The van der Waals surface area contributed by atoms with E-state index in [1.807, 2.05) is 22.7 Å². The van der Waals surface area contributed by atoms with Crippen molar-refractivity contribution >= 4 is 29.5 Å². The van der Waals surface area contributed by atoms with Gasteiger partial charge in [-0.1, -0.05) is 12.2 Å². The maximum absolute atomic E-state index is 13.2. The van der Waals surface area contributed by atoms with Gasteiger partial charge in [0.1, 0.15) is 5.41 Å². The van der Waals surface area contributed by atoms with Crippen LogP contribution in [0.1, 0.15) is 32.6 Å². The monoisotopic (exact) mass is 392 g/mol. The molecule has 27 heavy (non-hydrogen) atoms. The molecule has 3 rings (SSSR count). The Labute approximate surface area is 165 Å². The average Bonchev–Trinajstić information content (AvgIpc) is 2.93. The molecule has 2 fully saturated rings. The number of hydrogen-bond donors (Lipinski definition) is 0. The van der Waals surface area contributed by atoms with Crippen LogP contribution in [-0.4, -0.2) is 65.3 Å². The fraction of sp³-hybridized carbons (Fsp3) is 0.650. The molecule has 2 atom stereocenters. The lowest BCUT2D eigenvalue weighted by atomic mass is 9.68. The van der Waals surface area contributed by atoms with Crippen molar-refractivity contribution in [2.45, 2.75) is 32.6 Å². The molecular formula is C20H28N2O4S. The Hall–Kier alpha value is -1.76. The van der Waals surface area contributed by atoms with Crippen LogP contribution in [0.25, 0.3) is 0 Å². The van der Waals surface area contributed by atoms with Gasteiger partial charge in [0.05, 0.1) is 12.5 Å². The molecule has 0 saturated carbocycles. The molecule has 148 valence electrons. The van der Waals surface area contributed by atoms with E-state index in [0.29, 0.717) is 31.8 Å². The Kier molecular flexibility index (Phi) is 6.29. The summed E-state index contributed by atoms with van der Waals surface area (Å²) in [5.74, 6) is 0.578. The molecule has 0 bridgehead atoms. The first-order valence-corrected chi connectivity index (χ1v) is 10.9. The third-order valence-corrected chi connectivity index (χ3v) is 6.66. The summed E-state index contributed by atoms with van der Waals surface area (Å²) in [4.78, 5) is 42.7. The topological polar surface area (TPSA) is 66.9 Å². The zero-order chi connectivity index (χ0) is 19.4. The fourth-order valence-corrected chi connectivity index (χ4v) is 5.36. The van der Waals surface area contributed by atoms with E-state index >= 15 is 0 Å². The highest BCUT2D eigenvalue weighted by atomic mass is 32.2. The molecule has 2 saturated heterocycles. The third kappa shape index (κ3) is 3.53. The van der Waals surface area contributed by atoms with Crippen LogP contribution in [0.2, 0.25) is 0 Å². The molecule has 0 aromatic rings. The second-order valence-corrected chi connectivity index (χ2v) is 8.39. The van der Waals surface area contributed by atoms with Crippen molar-refractivity contribution in [2.75, 3.05) is 37.7 Å². The lowest BCUT2D eigenvalue weighted by molar-refractivity contribution is -0.158. The zero-order valence-corrected chi connectivity index (χ0v) is 16.8. The third-order valence-electron chi connectivity index (χ3n) is 5.71. The largest absolute Gasteiger partial charge is 0.465 e. The molecule has 0 unspecified atom stereocenters. The molecule has 3 aliphatic rings. The number of carbonyl (C=O) groups excluding carboxylic acids is 3. The molecule has 1 aliphatic carbocycles. The molecule has 6 nitrogen and oxygen atoms in total. The first-order chi connectivity index (χ1) is 13.1. The van der Waals surface area contributed by atoms with Gasteiger partial charge in [-0.2, -0.15) is 11.8 Å². The molecule has 0 spiro atoms. The standard InChI is InChI=1S/C20H28N2O4S/c1-3-9-22-16-7-5-6-8-20(16,19(25)26-4-2)15(18(22)24)14-17(23)21-10-12-27-13-11-21/h3,7,15H,1,4-6,8-14H2,2H3/t15-,20-/m0/s1. The van der Waals surface area contributed by atoms with Gasteiger partial charge < -0.3 is 14.5 Å². The lowest BCUT2D eigenvalue weighted by Crippen LogP contribution is -2.45. The predicted octanol–water partition coefficient (Wildman–Crippen LogP) is 2.21. The number of amides is 2. The Bertz CT molecular complexity index is 656. The van der Waals surface area contributed by atoms with Crippen molar-refractivity contribution in [3.05, 3.63) is 24.4 Å².